The maximum Gasteiger partial charge on any atom is 0.410 e. The predicted molar refractivity (Wildman–Crippen MR) is 163 cm³/mol. The molecule has 2 aliphatic rings. The number of aromatic amines is 1. The van der Waals surface area contributed by atoms with Gasteiger partial charge in [-0.05, 0) is 93.0 Å². The van der Waals surface area contributed by atoms with Gasteiger partial charge in [0.2, 0.25) is 0 Å². The van der Waals surface area contributed by atoms with Gasteiger partial charge in [-0.3, -0.25) is 4.79 Å². The highest BCUT2D eigenvalue weighted by molar-refractivity contribution is 5.99. The Labute approximate surface area is 249 Å². The Morgan fingerprint density at radius 2 is 1.93 bits per heavy atom. The van der Waals surface area contributed by atoms with Crippen LogP contribution in [0.25, 0.3) is 27.8 Å². The van der Waals surface area contributed by atoms with Crippen molar-refractivity contribution in [2.24, 2.45) is 0 Å². The van der Waals surface area contributed by atoms with E-state index in [1.165, 1.54) is 5.56 Å². The highest BCUT2D eigenvalue weighted by Gasteiger charge is 2.36. The molecule has 0 radical (unpaired) electrons. The van der Waals surface area contributed by atoms with E-state index in [4.69, 9.17) is 4.74 Å². The summed E-state index contributed by atoms with van der Waals surface area (Å²) in [7, 11) is 0. The largest absolute Gasteiger partial charge is 0.444 e. The van der Waals surface area contributed by atoms with Crippen molar-refractivity contribution in [1.82, 2.24) is 34.4 Å². The van der Waals surface area contributed by atoms with Gasteiger partial charge in [-0.2, -0.15) is 5.10 Å². The Hall–Kier alpha value is -4.73. The number of aromatic nitrogens is 5. The zero-order chi connectivity index (χ0) is 29.9. The van der Waals surface area contributed by atoms with E-state index in [0.717, 1.165) is 51.7 Å². The third kappa shape index (κ3) is 4.90. The molecule has 7 rings (SSSR count). The van der Waals surface area contributed by atoms with E-state index in [-0.39, 0.29) is 18.0 Å². The normalized spacial score (nSPS) is 17.1. The number of ether oxygens (including phenoxy) is 1. The van der Waals surface area contributed by atoms with E-state index in [1.807, 2.05) is 43.0 Å². The van der Waals surface area contributed by atoms with E-state index in [2.05, 4.69) is 45.2 Å². The van der Waals surface area contributed by atoms with E-state index in [0.29, 0.717) is 37.3 Å². The number of benzene rings is 1. The van der Waals surface area contributed by atoms with Crippen molar-refractivity contribution in [2.75, 3.05) is 13.1 Å². The maximum atomic E-state index is 13.8. The van der Waals surface area contributed by atoms with Crippen LogP contribution in [0.15, 0.2) is 55.2 Å². The first-order chi connectivity index (χ1) is 20.7. The zero-order valence-corrected chi connectivity index (χ0v) is 24.9. The highest BCUT2D eigenvalue weighted by atomic mass is 16.6. The zero-order valence-electron chi connectivity index (χ0n) is 24.9. The van der Waals surface area contributed by atoms with Crippen LogP contribution in [0.5, 0.6) is 0 Å². The summed E-state index contributed by atoms with van der Waals surface area (Å²) in [6.07, 6.45) is 11.0. The SMILES string of the molecule is Cc1c[nH]c2ncc(-c3cc4c(c(C5CCCN5C(=O)OC(C)(C)C)c3)CN(C(=O)c3cnn5cccnc35)CC4)cc12. The molecule has 1 saturated heterocycles. The standard InChI is InChI=1S/C33H35N7O3/c1-20-16-35-29-24(20)15-23(17-36-29)22-13-21-8-12-38(31(41)26-18-37-40-11-6-9-34-30(26)40)19-27(21)25(14-22)28-7-5-10-39(28)32(42)43-33(2,3)4/h6,9,11,13-18,28H,5,7-8,10,12,19H2,1-4H3,(H,35,36). The molecule has 220 valence electrons. The third-order valence-electron chi connectivity index (χ3n) is 8.48. The van der Waals surface area contributed by atoms with Crippen LogP contribution in [0.2, 0.25) is 0 Å². The number of nitrogens with zero attached hydrogens (tertiary/aromatic N) is 6. The molecule has 6 heterocycles. The molecule has 5 aromatic rings. The topological polar surface area (TPSA) is 109 Å². The molecule has 0 saturated carbocycles. The molecule has 2 aliphatic heterocycles. The lowest BCUT2D eigenvalue weighted by molar-refractivity contribution is 0.0222. The Balaban J connectivity index is 1.30. The van der Waals surface area contributed by atoms with Crippen LogP contribution < -0.4 is 0 Å². The lowest BCUT2D eigenvalue weighted by Crippen LogP contribution is -2.39. The fourth-order valence-electron chi connectivity index (χ4n) is 6.41. The molecule has 10 nitrogen and oxygen atoms in total. The highest BCUT2D eigenvalue weighted by Crippen LogP contribution is 2.40. The number of aryl methyl sites for hydroxylation is 1. The van der Waals surface area contributed by atoms with Crippen LogP contribution in [-0.2, 0) is 17.7 Å². The number of fused-ring (bicyclic) bond motifs is 3. The summed E-state index contributed by atoms with van der Waals surface area (Å²) in [5.74, 6) is -0.0950. The summed E-state index contributed by atoms with van der Waals surface area (Å²) < 4.78 is 7.45. The molecule has 10 heteroatoms. The van der Waals surface area contributed by atoms with Gasteiger partial charge in [0, 0.05) is 55.4 Å². The number of likely N-dealkylation sites (tertiary alicyclic amines) is 1. The fourth-order valence-corrected chi connectivity index (χ4v) is 6.41. The van der Waals surface area contributed by atoms with Crippen LogP contribution in [0, 0.1) is 6.92 Å². The molecule has 1 N–H and O–H groups in total. The molecule has 0 spiro atoms. The summed E-state index contributed by atoms with van der Waals surface area (Å²) in [6.45, 7) is 9.40. The molecule has 0 aliphatic carbocycles. The van der Waals surface area contributed by atoms with Crippen LogP contribution in [0.1, 0.15) is 72.3 Å². The average Bonchev–Trinajstić information content (AvgIpc) is 3.74. The number of rotatable bonds is 3. The van der Waals surface area contributed by atoms with Gasteiger partial charge in [0.05, 0.1) is 12.2 Å². The van der Waals surface area contributed by atoms with E-state index >= 15 is 0 Å². The summed E-state index contributed by atoms with van der Waals surface area (Å²) in [5.41, 5.74) is 7.89. The molecule has 0 bridgehead atoms. The summed E-state index contributed by atoms with van der Waals surface area (Å²) in [4.78, 5) is 43.2. The monoisotopic (exact) mass is 577 g/mol. The fraction of sp³-hybridized carbons (Fsp3) is 0.364. The molecule has 4 aromatic heterocycles. The molecule has 1 atom stereocenters. The molecule has 1 unspecified atom stereocenters. The number of hydrogen-bond acceptors (Lipinski definition) is 6. The molecule has 43 heavy (non-hydrogen) atoms. The van der Waals surface area contributed by atoms with Crippen molar-refractivity contribution in [3.05, 3.63) is 83.1 Å². The lowest BCUT2D eigenvalue weighted by atomic mass is 9.86. The van der Waals surface area contributed by atoms with Gasteiger partial charge in [-0.25, -0.2) is 19.3 Å². The summed E-state index contributed by atoms with van der Waals surface area (Å²) >= 11 is 0. The first-order valence-corrected chi connectivity index (χ1v) is 14.8. The Morgan fingerprint density at radius 1 is 1.07 bits per heavy atom. The van der Waals surface area contributed by atoms with Crippen molar-refractivity contribution in [2.45, 2.75) is 65.1 Å². The van der Waals surface area contributed by atoms with E-state index < -0.39 is 5.60 Å². The first kappa shape index (κ1) is 27.1. The third-order valence-corrected chi connectivity index (χ3v) is 8.48. The van der Waals surface area contributed by atoms with Crippen LogP contribution in [0.3, 0.4) is 0 Å². The van der Waals surface area contributed by atoms with Gasteiger partial charge in [-0.15, -0.1) is 0 Å². The van der Waals surface area contributed by atoms with Gasteiger partial charge < -0.3 is 19.5 Å². The number of carbonyl (C=O) groups excluding carboxylic acids is 2. The maximum absolute atomic E-state index is 13.8. The van der Waals surface area contributed by atoms with Gasteiger partial charge in [-0.1, -0.05) is 6.07 Å². The summed E-state index contributed by atoms with van der Waals surface area (Å²) in [5, 5.41) is 5.42. The second-order valence-electron chi connectivity index (χ2n) is 12.5. The quantitative estimate of drug-likeness (QED) is 0.288. The Kier molecular flexibility index (Phi) is 6.45. The number of H-pyrrole nitrogens is 1. The minimum atomic E-state index is -0.591. The van der Waals surface area contributed by atoms with Crippen LogP contribution >= 0.6 is 0 Å². The predicted octanol–water partition coefficient (Wildman–Crippen LogP) is 5.85. The smallest absolute Gasteiger partial charge is 0.410 e. The number of carbonyl (C=O) groups is 2. The minimum absolute atomic E-state index is 0.0950. The van der Waals surface area contributed by atoms with Gasteiger partial charge in [0.1, 0.15) is 16.8 Å². The molecular weight excluding hydrogens is 542 g/mol. The summed E-state index contributed by atoms with van der Waals surface area (Å²) in [6, 6.07) is 8.24. The van der Waals surface area contributed by atoms with Crippen molar-refractivity contribution >= 4 is 28.7 Å². The van der Waals surface area contributed by atoms with E-state index in [9.17, 15) is 9.59 Å². The van der Waals surface area contributed by atoms with Gasteiger partial charge in [0.15, 0.2) is 5.65 Å². The second-order valence-corrected chi connectivity index (χ2v) is 12.5. The van der Waals surface area contributed by atoms with Crippen molar-refractivity contribution in [1.29, 1.82) is 0 Å². The number of pyridine rings is 1. The Bertz CT molecular complexity index is 1880. The van der Waals surface area contributed by atoms with Crippen molar-refractivity contribution in [3.8, 4) is 11.1 Å². The first-order valence-electron chi connectivity index (χ1n) is 14.8. The van der Waals surface area contributed by atoms with Crippen molar-refractivity contribution in [3.63, 3.8) is 0 Å². The molecular formula is C33H35N7O3. The number of hydrogen-bond donors (Lipinski definition) is 1. The minimum Gasteiger partial charge on any atom is -0.444 e. The van der Waals surface area contributed by atoms with Crippen LogP contribution in [-0.4, -0.2) is 65.1 Å². The lowest BCUT2D eigenvalue weighted by Gasteiger charge is -2.34. The van der Waals surface area contributed by atoms with Gasteiger partial charge >= 0.3 is 6.09 Å². The number of nitrogens with one attached hydrogen (secondary N) is 1. The molecule has 1 fully saturated rings. The van der Waals surface area contributed by atoms with Crippen LogP contribution in [0.4, 0.5) is 4.79 Å². The second kappa shape index (κ2) is 10.2. The average molecular weight is 578 g/mol. The Morgan fingerprint density at radius 3 is 2.77 bits per heavy atom. The number of amides is 2. The van der Waals surface area contributed by atoms with Crippen molar-refractivity contribution < 1.29 is 14.3 Å². The molecule has 2 amide bonds. The van der Waals surface area contributed by atoms with Gasteiger partial charge in [0.25, 0.3) is 5.91 Å². The van der Waals surface area contributed by atoms with E-state index in [1.54, 1.807) is 29.2 Å². The molecule has 1 aromatic carbocycles.